The van der Waals surface area contributed by atoms with Gasteiger partial charge in [0.25, 0.3) is 0 Å². The van der Waals surface area contributed by atoms with Crippen molar-refractivity contribution in [2.75, 3.05) is 11.4 Å². The average molecular weight is 332 g/mol. The van der Waals surface area contributed by atoms with Crippen LogP contribution in [0.1, 0.15) is 25.3 Å². The van der Waals surface area contributed by atoms with E-state index in [0.717, 1.165) is 42.9 Å². The molecule has 6 nitrogen and oxygen atoms in total. The highest BCUT2D eigenvalue weighted by Gasteiger charge is 2.25. The van der Waals surface area contributed by atoms with E-state index in [1.165, 1.54) is 6.07 Å². The molecule has 2 aliphatic rings. The van der Waals surface area contributed by atoms with Crippen molar-refractivity contribution in [3.63, 3.8) is 0 Å². The summed E-state index contributed by atoms with van der Waals surface area (Å²) in [6.07, 6.45) is 6.47. The van der Waals surface area contributed by atoms with Crippen molar-refractivity contribution in [2.45, 2.75) is 31.1 Å². The van der Waals surface area contributed by atoms with Crippen molar-refractivity contribution in [2.24, 2.45) is 16.0 Å². The Hall–Kier alpha value is -1.99. The van der Waals surface area contributed by atoms with E-state index < -0.39 is 10.0 Å². The molecule has 0 fully saturated rings. The van der Waals surface area contributed by atoms with Gasteiger partial charge in [-0.25, -0.2) is 18.5 Å². The lowest BCUT2D eigenvalue weighted by Gasteiger charge is -2.19. The molecule has 0 saturated heterocycles. The number of nitrogens with zero attached hydrogens (tertiary/aromatic N) is 2. The van der Waals surface area contributed by atoms with Gasteiger partial charge in [-0.05, 0) is 49.1 Å². The summed E-state index contributed by atoms with van der Waals surface area (Å²) in [5.74, 6) is 1.31. The van der Waals surface area contributed by atoms with Crippen molar-refractivity contribution in [1.82, 2.24) is 0 Å². The van der Waals surface area contributed by atoms with Crippen LogP contribution >= 0.6 is 0 Å². The van der Waals surface area contributed by atoms with Gasteiger partial charge < -0.3 is 4.90 Å². The highest BCUT2D eigenvalue weighted by Crippen LogP contribution is 2.31. The Morgan fingerprint density at radius 3 is 2.91 bits per heavy atom. The van der Waals surface area contributed by atoms with E-state index in [1.54, 1.807) is 12.1 Å². The Kier molecular flexibility index (Phi) is 4.08. The number of nitrogens with one attached hydrogen (secondary N) is 1. The molecule has 0 aliphatic carbocycles. The summed E-state index contributed by atoms with van der Waals surface area (Å²) in [4.78, 5) is 6.64. The van der Waals surface area contributed by atoms with E-state index in [9.17, 15) is 8.42 Å². The van der Waals surface area contributed by atoms with Crippen molar-refractivity contribution < 1.29 is 8.42 Å². The first-order valence-electron chi connectivity index (χ1n) is 7.67. The van der Waals surface area contributed by atoms with Crippen LogP contribution < -0.4 is 10.0 Å². The number of rotatable bonds is 2. The fourth-order valence-electron chi connectivity index (χ4n) is 3.00. The Labute approximate surface area is 136 Å². The predicted molar refractivity (Wildman–Crippen MR) is 91.6 cm³/mol. The minimum atomic E-state index is -3.69. The molecule has 0 saturated carbocycles. The molecular weight excluding hydrogens is 312 g/mol. The number of hydrogen-bond donors (Lipinski definition) is 2. The van der Waals surface area contributed by atoms with Gasteiger partial charge in [-0.3, -0.25) is 5.41 Å². The zero-order valence-corrected chi connectivity index (χ0v) is 13.8. The lowest BCUT2D eigenvalue weighted by atomic mass is 10.0. The average Bonchev–Trinajstić information content (AvgIpc) is 2.83. The van der Waals surface area contributed by atoms with E-state index in [2.05, 4.69) is 18.0 Å². The molecule has 3 rings (SSSR count). The molecule has 0 aromatic heterocycles. The van der Waals surface area contributed by atoms with Crippen LogP contribution in [-0.2, 0) is 16.4 Å². The second kappa shape index (κ2) is 5.90. The lowest BCUT2D eigenvalue weighted by molar-refractivity contribution is 0.597. The molecule has 2 aliphatic heterocycles. The zero-order chi connectivity index (χ0) is 16.6. The smallest absolute Gasteiger partial charge is 0.238 e. The van der Waals surface area contributed by atoms with Crippen LogP contribution in [0.25, 0.3) is 0 Å². The molecule has 1 aromatic carbocycles. The summed E-state index contributed by atoms with van der Waals surface area (Å²) >= 11 is 0. The van der Waals surface area contributed by atoms with Gasteiger partial charge >= 0.3 is 0 Å². The molecular formula is C16H20N4O2S. The maximum atomic E-state index is 11.5. The molecule has 1 unspecified atom stereocenters. The first kappa shape index (κ1) is 15.9. The van der Waals surface area contributed by atoms with Gasteiger partial charge in [0.05, 0.1) is 4.90 Å². The predicted octanol–water partition coefficient (Wildman–Crippen LogP) is 2.06. The summed E-state index contributed by atoms with van der Waals surface area (Å²) < 4.78 is 22.9. The topological polar surface area (TPSA) is 99.6 Å². The molecule has 0 spiro atoms. The van der Waals surface area contributed by atoms with Gasteiger partial charge in [0.15, 0.2) is 0 Å². The summed E-state index contributed by atoms with van der Waals surface area (Å²) in [7, 11) is -3.69. The number of primary sulfonamides is 1. The third-order valence-corrected chi connectivity index (χ3v) is 5.26. The van der Waals surface area contributed by atoms with Crippen LogP contribution in [0.5, 0.6) is 0 Å². The Balaban J connectivity index is 1.95. The van der Waals surface area contributed by atoms with Crippen molar-refractivity contribution in [3.05, 3.63) is 35.9 Å². The molecule has 0 radical (unpaired) electrons. The standard InChI is InChI=1S/C16H20N4O2S/c1-2-11-4-3-5-15(19-16(11)17)20-9-8-12-10-13(23(18,21)22)6-7-14(12)20/h3,5-7,10-11,17H,2,4,8-9H2,1H3,(H2,18,21,22). The molecule has 0 bridgehead atoms. The second-order valence-corrected chi connectivity index (χ2v) is 7.40. The number of amidine groups is 2. The molecule has 23 heavy (non-hydrogen) atoms. The van der Waals surface area contributed by atoms with Gasteiger partial charge in [0.2, 0.25) is 10.0 Å². The molecule has 122 valence electrons. The first-order chi connectivity index (χ1) is 10.9. The number of aliphatic imine (C=N–C) groups is 1. The first-order valence-corrected chi connectivity index (χ1v) is 9.21. The van der Waals surface area contributed by atoms with Crippen LogP contribution in [0.3, 0.4) is 0 Å². The summed E-state index contributed by atoms with van der Waals surface area (Å²) in [6.45, 7) is 2.78. The van der Waals surface area contributed by atoms with Crippen LogP contribution in [-0.4, -0.2) is 26.6 Å². The summed E-state index contributed by atoms with van der Waals surface area (Å²) in [6, 6.07) is 4.92. The molecule has 0 amide bonds. The third-order valence-electron chi connectivity index (χ3n) is 4.35. The molecule has 7 heteroatoms. The highest BCUT2D eigenvalue weighted by atomic mass is 32.2. The van der Waals surface area contributed by atoms with Crippen LogP contribution in [0.2, 0.25) is 0 Å². The van der Waals surface area contributed by atoms with Crippen LogP contribution in [0.15, 0.2) is 40.2 Å². The molecule has 2 heterocycles. The number of sulfonamides is 1. The molecule has 3 N–H and O–H groups in total. The fourth-order valence-corrected chi connectivity index (χ4v) is 3.57. The highest BCUT2D eigenvalue weighted by molar-refractivity contribution is 7.89. The Morgan fingerprint density at radius 2 is 2.22 bits per heavy atom. The summed E-state index contributed by atoms with van der Waals surface area (Å²) in [5.41, 5.74) is 1.87. The van der Waals surface area contributed by atoms with Crippen molar-refractivity contribution in [1.29, 1.82) is 5.41 Å². The zero-order valence-electron chi connectivity index (χ0n) is 13.0. The molecule has 1 aromatic rings. The van der Waals surface area contributed by atoms with Gasteiger partial charge in [-0.2, -0.15) is 0 Å². The third kappa shape index (κ3) is 3.07. The number of nitrogens with two attached hydrogens (primary N) is 1. The van der Waals surface area contributed by atoms with Gasteiger partial charge in [0, 0.05) is 18.2 Å². The van der Waals surface area contributed by atoms with E-state index in [4.69, 9.17) is 10.5 Å². The maximum Gasteiger partial charge on any atom is 0.238 e. The van der Waals surface area contributed by atoms with Crippen LogP contribution in [0.4, 0.5) is 5.69 Å². The monoisotopic (exact) mass is 332 g/mol. The SMILES string of the molecule is CCC1CC=CC(N2CCc3cc(S(N)(=O)=O)ccc32)=NC1=N. The largest absolute Gasteiger partial charge is 0.326 e. The maximum absolute atomic E-state index is 11.5. The molecule has 1 atom stereocenters. The minimum Gasteiger partial charge on any atom is -0.326 e. The lowest BCUT2D eigenvalue weighted by Crippen LogP contribution is -2.28. The van der Waals surface area contributed by atoms with E-state index in [1.807, 2.05) is 11.0 Å². The van der Waals surface area contributed by atoms with Crippen molar-refractivity contribution >= 4 is 27.4 Å². The van der Waals surface area contributed by atoms with E-state index >= 15 is 0 Å². The van der Waals surface area contributed by atoms with Crippen LogP contribution in [0, 0.1) is 11.3 Å². The van der Waals surface area contributed by atoms with E-state index in [-0.39, 0.29) is 10.8 Å². The minimum absolute atomic E-state index is 0.134. The number of allylic oxidation sites excluding steroid dienone is 1. The van der Waals surface area contributed by atoms with E-state index in [0.29, 0.717) is 5.84 Å². The van der Waals surface area contributed by atoms with Gasteiger partial charge in [-0.1, -0.05) is 13.0 Å². The van der Waals surface area contributed by atoms with Crippen molar-refractivity contribution in [3.8, 4) is 0 Å². The number of anilines is 1. The Morgan fingerprint density at radius 1 is 1.43 bits per heavy atom. The second-order valence-electron chi connectivity index (χ2n) is 5.84. The number of benzene rings is 1. The normalized spacial score (nSPS) is 21.1. The van der Waals surface area contributed by atoms with Gasteiger partial charge in [0.1, 0.15) is 11.7 Å². The Bertz CT molecular complexity index is 811. The van der Waals surface area contributed by atoms with Gasteiger partial charge in [-0.15, -0.1) is 0 Å². The fraction of sp³-hybridized carbons (Fsp3) is 0.375. The number of hydrogen-bond acceptors (Lipinski definition) is 4. The quantitative estimate of drug-likeness (QED) is 0.867. The summed E-state index contributed by atoms with van der Waals surface area (Å²) in [5, 5.41) is 13.3. The number of fused-ring (bicyclic) bond motifs is 1.